The molecule has 0 amide bonds. The molecule has 8 nitrogen and oxygen atoms in total. The van der Waals surface area contributed by atoms with Gasteiger partial charge in [0.05, 0.1) is 12.0 Å². The van der Waals surface area contributed by atoms with E-state index in [1.807, 2.05) is 0 Å². The normalized spacial score (nSPS) is 10.6. The number of nitrogen functional groups attached to an aromatic ring is 1. The van der Waals surface area contributed by atoms with Crippen molar-refractivity contribution in [1.29, 1.82) is 0 Å². The number of anilines is 2. The summed E-state index contributed by atoms with van der Waals surface area (Å²) in [4.78, 5) is 8.08. The van der Waals surface area contributed by atoms with Crippen LogP contribution >= 0.6 is 0 Å². The smallest absolute Gasteiger partial charge is 0.263 e. The molecule has 1 aromatic carbocycles. The zero-order chi connectivity index (χ0) is 14.8. The van der Waals surface area contributed by atoms with E-state index < -0.39 is 10.0 Å². The van der Waals surface area contributed by atoms with Gasteiger partial charge in [0.1, 0.15) is 11.6 Å². The lowest BCUT2D eigenvalue weighted by Crippen LogP contribution is -2.14. The van der Waals surface area contributed by atoms with Crippen molar-refractivity contribution in [2.75, 3.05) is 17.6 Å². The van der Waals surface area contributed by atoms with E-state index in [1.54, 1.807) is 6.92 Å². The number of nitrogens with zero attached hydrogens (tertiary/aromatic N) is 2. The Morgan fingerprint density at radius 2 is 1.81 bits per heavy atom. The molecule has 0 radical (unpaired) electrons. The second-order valence-electron chi connectivity index (χ2n) is 4.02. The molecular formula is C12H16N4O4S. The summed E-state index contributed by atoms with van der Waals surface area (Å²) in [6, 6.07) is 7.27. The molecule has 0 aliphatic rings. The standard InChI is InChI=1S/C12H14N4O3S.H2O/c1-8-14-11(7-12(15-8)19-2)16-20(17,18)10-5-3-9(13)4-6-10;/h3-7H,13H2,1-2H3,(H,14,15,16);1H2. The lowest BCUT2D eigenvalue weighted by molar-refractivity contribution is 0.396. The van der Waals surface area contributed by atoms with Gasteiger partial charge in [0, 0.05) is 11.8 Å². The molecule has 0 saturated carbocycles. The topological polar surface area (TPSA) is 139 Å². The van der Waals surface area contributed by atoms with Crippen molar-refractivity contribution in [3.05, 3.63) is 36.2 Å². The molecule has 2 aromatic rings. The van der Waals surface area contributed by atoms with Crippen molar-refractivity contribution in [1.82, 2.24) is 9.97 Å². The van der Waals surface area contributed by atoms with Gasteiger partial charge in [-0.2, -0.15) is 4.98 Å². The van der Waals surface area contributed by atoms with Crippen LogP contribution in [-0.4, -0.2) is 31.0 Å². The van der Waals surface area contributed by atoms with Crippen LogP contribution in [0, 0.1) is 6.92 Å². The maximum absolute atomic E-state index is 12.2. The average Bonchev–Trinajstić information content (AvgIpc) is 2.37. The summed E-state index contributed by atoms with van der Waals surface area (Å²) < 4.78 is 31.7. The highest BCUT2D eigenvalue weighted by molar-refractivity contribution is 7.92. The van der Waals surface area contributed by atoms with Gasteiger partial charge in [0.15, 0.2) is 0 Å². The van der Waals surface area contributed by atoms with Crippen LogP contribution in [-0.2, 0) is 10.0 Å². The van der Waals surface area contributed by atoms with E-state index in [0.717, 1.165) is 0 Å². The maximum Gasteiger partial charge on any atom is 0.263 e. The molecule has 114 valence electrons. The molecule has 1 aromatic heterocycles. The lowest BCUT2D eigenvalue weighted by Gasteiger charge is -2.09. The summed E-state index contributed by atoms with van der Waals surface area (Å²) in [6.07, 6.45) is 0. The molecule has 0 spiro atoms. The first-order chi connectivity index (χ1) is 9.40. The SMILES string of the molecule is COc1cc(NS(=O)(=O)c2ccc(N)cc2)nc(C)n1.O. The molecule has 0 aliphatic carbocycles. The number of hydrogen-bond acceptors (Lipinski definition) is 6. The van der Waals surface area contributed by atoms with Crippen LogP contribution in [0.15, 0.2) is 35.2 Å². The van der Waals surface area contributed by atoms with Crippen LogP contribution in [0.1, 0.15) is 5.82 Å². The molecule has 0 atom stereocenters. The number of methoxy groups -OCH3 is 1. The Balaban J connectivity index is 0.00000220. The molecule has 0 unspecified atom stereocenters. The highest BCUT2D eigenvalue weighted by Gasteiger charge is 2.15. The predicted octanol–water partition coefficient (Wildman–Crippen LogP) is 0.352. The summed E-state index contributed by atoms with van der Waals surface area (Å²) in [5.41, 5.74) is 6.02. The number of nitrogens with one attached hydrogen (secondary N) is 1. The van der Waals surface area contributed by atoms with Crippen molar-refractivity contribution in [2.45, 2.75) is 11.8 Å². The fourth-order valence-electron chi connectivity index (χ4n) is 1.54. The van der Waals surface area contributed by atoms with Gasteiger partial charge >= 0.3 is 0 Å². The number of ether oxygens (including phenoxy) is 1. The highest BCUT2D eigenvalue weighted by atomic mass is 32.2. The van der Waals surface area contributed by atoms with Crippen LogP contribution in [0.3, 0.4) is 0 Å². The lowest BCUT2D eigenvalue weighted by atomic mass is 10.3. The Kier molecular flexibility index (Phi) is 5.06. The monoisotopic (exact) mass is 312 g/mol. The first kappa shape index (κ1) is 16.7. The summed E-state index contributed by atoms with van der Waals surface area (Å²) in [6.45, 7) is 1.64. The van der Waals surface area contributed by atoms with Gasteiger partial charge in [-0.15, -0.1) is 0 Å². The van der Waals surface area contributed by atoms with Crippen LogP contribution in [0.2, 0.25) is 0 Å². The maximum atomic E-state index is 12.2. The number of hydrogen-bond donors (Lipinski definition) is 2. The Bertz CT molecular complexity index is 717. The summed E-state index contributed by atoms with van der Waals surface area (Å²) in [5, 5.41) is 0. The van der Waals surface area contributed by atoms with Gasteiger partial charge in [-0.25, -0.2) is 13.4 Å². The summed E-state index contributed by atoms with van der Waals surface area (Å²) in [5.74, 6) is 0.832. The van der Waals surface area contributed by atoms with Crippen LogP contribution < -0.4 is 15.2 Å². The third-order valence-electron chi connectivity index (χ3n) is 2.45. The van der Waals surface area contributed by atoms with Gasteiger partial charge in [-0.3, -0.25) is 4.72 Å². The Hall–Kier alpha value is -2.39. The van der Waals surface area contributed by atoms with E-state index in [1.165, 1.54) is 37.4 Å². The minimum Gasteiger partial charge on any atom is -0.481 e. The van der Waals surface area contributed by atoms with Crippen molar-refractivity contribution in [3.8, 4) is 5.88 Å². The molecule has 9 heteroatoms. The largest absolute Gasteiger partial charge is 0.481 e. The van der Waals surface area contributed by atoms with E-state index in [-0.39, 0.29) is 22.1 Å². The van der Waals surface area contributed by atoms with Gasteiger partial charge in [-0.1, -0.05) is 0 Å². The molecule has 0 aliphatic heterocycles. The first-order valence-electron chi connectivity index (χ1n) is 5.69. The van der Waals surface area contributed by atoms with Gasteiger partial charge in [0.2, 0.25) is 5.88 Å². The molecule has 2 rings (SSSR count). The van der Waals surface area contributed by atoms with E-state index >= 15 is 0 Å². The number of aromatic nitrogens is 2. The molecule has 0 fully saturated rings. The van der Waals surface area contributed by atoms with E-state index in [9.17, 15) is 8.42 Å². The van der Waals surface area contributed by atoms with Crippen molar-refractivity contribution >= 4 is 21.5 Å². The molecule has 21 heavy (non-hydrogen) atoms. The second kappa shape index (κ2) is 6.37. The van der Waals surface area contributed by atoms with E-state index in [2.05, 4.69) is 14.7 Å². The highest BCUT2D eigenvalue weighted by Crippen LogP contribution is 2.18. The molecule has 0 saturated heterocycles. The van der Waals surface area contributed by atoms with Crippen molar-refractivity contribution in [2.24, 2.45) is 0 Å². The average molecular weight is 312 g/mol. The van der Waals surface area contributed by atoms with Crippen LogP contribution in [0.5, 0.6) is 5.88 Å². The van der Waals surface area contributed by atoms with E-state index in [0.29, 0.717) is 11.5 Å². The van der Waals surface area contributed by atoms with Crippen molar-refractivity contribution in [3.63, 3.8) is 0 Å². The van der Waals surface area contributed by atoms with Crippen LogP contribution in [0.25, 0.3) is 0 Å². The van der Waals surface area contributed by atoms with E-state index in [4.69, 9.17) is 10.5 Å². The van der Waals surface area contributed by atoms with Gasteiger partial charge in [0.25, 0.3) is 10.0 Å². The molecule has 0 bridgehead atoms. The zero-order valence-electron chi connectivity index (χ0n) is 11.5. The third kappa shape index (κ3) is 4.04. The fourth-order valence-corrected chi connectivity index (χ4v) is 2.53. The fraction of sp³-hybridized carbons (Fsp3) is 0.167. The second-order valence-corrected chi connectivity index (χ2v) is 5.70. The number of benzene rings is 1. The van der Waals surface area contributed by atoms with Crippen molar-refractivity contribution < 1.29 is 18.6 Å². The molecular weight excluding hydrogens is 296 g/mol. The Morgan fingerprint density at radius 3 is 2.38 bits per heavy atom. The Labute approximate surface area is 122 Å². The van der Waals surface area contributed by atoms with Gasteiger partial charge in [-0.05, 0) is 31.2 Å². The van der Waals surface area contributed by atoms with Gasteiger partial charge < -0.3 is 15.9 Å². The number of sulfonamides is 1. The first-order valence-corrected chi connectivity index (χ1v) is 7.17. The molecule has 5 N–H and O–H groups in total. The number of rotatable bonds is 4. The Morgan fingerprint density at radius 1 is 1.19 bits per heavy atom. The summed E-state index contributed by atoms with van der Waals surface area (Å²) in [7, 11) is -2.28. The molecule has 1 heterocycles. The quantitative estimate of drug-likeness (QED) is 0.781. The zero-order valence-corrected chi connectivity index (χ0v) is 12.3. The third-order valence-corrected chi connectivity index (χ3v) is 3.82. The summed E-state index contributed by atoms with van der Waals surface area (Å²) >= 11 is 0. The minimum atomic E-state index is -3.72. The van der Waals surface area contributed by atoms with Crippen LogP contribution in [0.4, 0.5) is 11.5 Å². The predicted molar refractivity (Wildman–Crippen MR) is 78.6 cm³/mol. The minimum absolute atomic E-state index is 0. The number of aryl methyl sites for hydroxylation is 1. The number of nitrogens with two attached hydrogens (primary N) is 1.